The Morgan fingerprint density at radius 2 is 2.20 bits per heavy atom. The molecule has 110 valence electrons. The van der Waals surface area contributed by atoms with Crippen molar-refractivity contribution in [3.63, 3.8) is 0 Å². The molecule has 2 unspecified atom stereocenters. The van der Waals surface area contributed by atoms with Crippen LogP contribution in [0.4, 0.5) is 5.82 Å². The van der Waals surface area contributed by atoms with Gasteiger partial charge in [-0.05, 0) is 39.3 Å². The number of piperidine rings is 1. The van der Waals surface area contributed by atoms with Crippen LogP contribution in [0.5, 0.6) is 0 Å². The number of aliphatic hydroxyl groups is 1. The van der Waals surface area contributed by atoms with Gasteiger partial charge in [0.15, 0.2) is 0 Å². The van der Waals surface area contributed by atoms with Crippen molar-refractivity contribution in [1.29, 1.82) is 0 Å². The lowest BCUT2D eigenvalue weighted by atomic mass is 9.96. The van der Waals surface area contributed by atoms with E-state index in [4.69, 9.17) is 0 Å². The monoisotopic (exact) mass is 275 g/mol. The second kappa shape index (κ2) is 5.70. The SMILES string of the molecule is CC1CN2CCCCC2CN1c1ncccc1[C@H](C)O. The molecule has 1 N–H and O–H groups in total. The number of nitrogens with zero attached hydrogens (tertiary/aromatic N) is 3. The first kappa shape index (κ1) is 13.8. The fourth-order valence-corrected chi connectivity index (χ4v) is 3.62. The summed E-state index contributed by atoms with van der Waals surface area (Å²) in [5, 5.41) is 9.98. The summed E-state index contributed by atoms with van der Waals surface area (Å²) in [6, 6.07) is 5.01. The Bertz CT molecular complexity index is 463. The van der Waals surface area contributed by atoms with Crippen LogP contribution in [0.15, 0.2) is 18.3 Å². The zero-order valence-corrected chi connectivity index (χ0v) is 12.5. The Labute approximate surface area is 121 Å². The summed E-state index contributed by atoms with van der Waals surface area (Å²) in [5.41, 5.74) is 0.948. The number of anilines is 1. The van der Waals surface area contributed by atoms with Crippen molar-refractivity contribution in [3.8, 4) is 0 Å². The van der Waals surface area contributed by atoms with Crippen LogP contribution in [0.3, 0.4) is 0 Å². The average Bonchev–Trinajstić information content (AvgIpc) is 2.46. The maximum Gasteiger partial charge on any atom is 0.134 e. The Hall–Kier alpha value is -1.13. The largest absolute Gasteiger partial charge is 0.389 e. The Balaban J connectivity index is 1.86. The van der Waals surface area contributed by atoms with E-state index in [0.717, 1.165) is 24.5 Å². The molecule has 2 fully saturated rings. The quantitative estimate of drug-likeness (QED) is 0.898. The molecule has 3 rings (SSSR count). The maximum absolute atomic E-state index is 9.98. The van der Waals surface area contributed by atoms with Gasteiger partial charge in [-0.3, -0.25) is 4.90 Å². The summed E-state index contributed by atoms with van der Waals surface area (Å²) in [6.45, 7) is 7.49. The first-order chi connectivity index (χ1) is 9.66. The molecule has 4 heteroatoms. The smallest absolute Gasteiger partial charge is 0.134 e. The van der Waals surface area contributed by atoms with E-state index in [-0.39, 0.29) is 0 Å². The van der Waals surface area contributed by atoms with Crippen molar-refractivity contribution < 1.29 is 5.11 Å². The Kier molecular flexibility index (Phi) is 3.94. The third-order valence-electron chi connectivity index (χ3n) is 4.73. The zero-order chi connectivity index (χ0) is 14.1. The molecule has 0 aliphatic carbocycles. The van der Waals surface area contributed by atoms with Gasteiger partial charge in [0.2, 0.25) is 0 Å². The van der Waals surface area contributed by atoms with Crippen LogP contribution in [0.25, 0.3) is 0 Å². The number of rotatable bonds is 2. The highest BCUT2D eigenvalue weighted by Crippen LogP contribution is 2.30. The molecular weight excluding hydrogens is 250 g/mol. The van der Waals surface area contributed by atoms with Gasteiger partial charge in [-0.25, -0.2) is 4.98 Å². The minimum absolute atomic E-state index is 0.455. The zero-order valence-electron chi connectivity index (χ0n) is 12.5. The second-order valence-corrected chi connectivity index (χ2v) is 6.24. The van der Waals surface area contributed by atoms with Crippen molar-refractivity contribution in [3.05, 3.63) is 23.9 Å². The van der Waals surface area contributed by atoms with Gasteiger partial charge in [-0.15, -0.1) is 0 Å². The van der Waals surface area contributed by atoms with E-state index in [1.165, 1.54) is 25.8 Å². The van der Waals surface area contributed by atoms with Gasteiger partial charge in [0, 0.05) is 36.9 Å². The fraction of sp³-hybridized carbons (Fsp3) is 0.688. The lowest BCUT2D eigenvalue weighted by molar-refractivity contribution is 0.114. The molecule has 2 aliphatic heterocycles. The van der Waals surface area contributed by atoms with Gasteiger partial charge in [0.25, 0.3) is 0 Å². The minimum atomic E-state index is -0.463. The highest BCUT2D eigenvalue weighted by Gasteiger charge is 2.34. The molecule has 1 aromatic rings. The Morgan fingerprint density at radius 3 is 3.00 bits per heavy atom. The van der Waals surface area contributed by atoms with Gasteiger partial charge in [-0.1, -0.05) is 12.5 Å². The van der Waals surface area contributed by atoms with E-state index >= 15 is 0 Å². The van der Waals surface area contributed by atoms with Crippen LogP contribution in [0, 0.1) is 0 Å². The summed E-state index contributed by atoms with van der Waals surface area (Å²) >= 11 is 0. The summed E-state index contributed by atoms with van der Waals surface area (Å²) in [6.07, 6.45) is 5.34. The average molecular weight is 275 g/mol. The molecule has 0 radical (unpaired) electrons. The van der Waals surface area contributed by atoms with Crippen molar-refractivity contribution in [2.45, 2.75) is 51.3 Å². The summed E-state index contributed by atoms with van der Waals surface area (Å²) in [4.78, 5) is 9.59. The molecule has 2 aliphatic rings. The number of aromatic nitrogens is 1. The van der Waals surface area contributed by atoms with Gasteiger partial charge < -0.3 is 10.0 Å². The Morgan fingerprint density at radius 1 is 1.35 bits per heavy atom. The van der Waals surface area contributed by atoms with E-state index < -0.39 is 6.10 Å². The van der Waals surface area contributed by atoms with Crippen LogP contribution in [-0.2, 0) is 0 Å². The van der Waals surface area contributed by atoms with Gasteiger partial charge in [0.05, 0.1) is 6.10 Å². The molecular formula is C16H25N3O. The van der Waals surface area contributed by atoms with E-state index in [2.05, 4.69) is 21.7 Å². The van der Waals surface area contributed by atoms with Crippen LogP contribution < -0.4 is 4.90 Å². The predicted molar refractivity (Wildman–Crippen MR) is 80.9 cm³/mol. The van der Waals surface area contributed by atoms with Gasteiger partial charge in [-0.2, -0.15) is 0 Å². The molecule has 0 spiro atoms. The van der Waals surface area contributed by atoms with Crippen molar-refractivity contribution in [2.24, 2.45) is 0 Å². The first-order valence-electron chi connectivity index (χ1n) is 7.80. The molecule has 3 atom stereocenters. The minimum Gasteiger partial charge on any atom is -0.389 e. The number of hydrogen-bond donors (Lipinski definition) is 1. The van der Waals surface area contributed by atoms with Gasteiger partial charge >= 0.3 is 0 Å². The van der Waals surface area contributed by atoms with Crippen LogP contribution in [0.1, 0.15) is 44.8 Å². The molecule has 1 aromatic heterocycles. The van der Waals surface area contributed by atoms with E-state index in [0.29, 0.717) is 12.1 Å². The summed E-state index contributed by atoms with van der Waals surface area (Å²) in [5.74, 6) is 0.972. The predicted octanol–water partition coefficient (Wildman–Crippen LogP) is 2.20. The van der Waals surface area contributed by atoms with Crippen LogP contribution in [-0.4, -0.2) is 46.7 Å². The molecule has 20 heavy (non-hydrogen) atoms. The van der Waals surface area contributed by atoms with E-state index in [1.807, 2.05) is 25.3 Å². The molecule has 2 saturated heterocycles. The van der Waals surface area contributed by atoms with Gasteiger partial charge in [0.1, 0.15) is 5.82 Å². The van der Waals surface area contributed by atoms with E-state index in [1.54, 1.807) is 0 Å². The normalized spacial score (nSPS) is 29.1. The topological polar surface area (TPSA) is 39.6 Å². The van der Waals surface area contributed by atoms with Crippen molar-refractivity contribution in [2.75, 3.05) is 24.5 Å². The highest BCUT2D eigenvalue weighted by molar-refractivity contribution is 5.49. The van der Waals surface area contributed by atoms with Crippen LogP contribution >= 0.6 is 0 Å². The maximum atomic E-state index is 9.98. The van der Waals surface area contributed by atoms with Crippen molar-refractivity contribution >= 4 is 5.82 Å². The standard InChI is InChI=1S/C16H25N3O/c1-12-10-18-9-4-3-6-14(18)11-19(12)16-15(13(2)20)7-5-8-17-16/h5,7-8,12-14,20H,3-4,6,9-11H2,1-2H3/t12?,13-,14?/m0/s1. The molecule has 3 heterocycles. The second-order valence-electron chi connectivity index (χ2n) is 6.24. The van der Waals surface area contributed by atoms with Crippen molar-refractivity contribution in [1.82, 2.24) is 9.88 Å². The molecule has 0 amide bonds. The van der Waals surface area contributed by atoms with E-state index in [9.17, 15) is 5.11 Å². The summed E-state index contributed by atoms with van der Waals surface area (Å²) in [7, 11) is 0. The molecule has 0 aromatic carbocycles. The molecule has 0 saturated carbocycles. The number of aliphatic hydroxyl groups excluding tert-OH is 1. The first-order valence-corrected chi connectivity index (χ1v) is 7.80. The molecule has 0 bridgehead atoms. The summed E-state index contributed by atoms with van der Waals surface area (Å²) < 4.78 is 0. The molecule has 4 nitrogen and oxygen atoms in total. The lowest BCUT2D eigenvalue weighted by Crippen LogP contribution is -2.59. The highest BCUT2D eigenvalue weighted by atomic mass is 16.3. The third-order valence-corrected chi connectivity index (χ3v) is 4.73. The number of fused-ring (bicyclic) bond motifs is 1. The number of hydrogen-bond acceptors (Lipinski definition) is 4. The number of pyridine rings is 1. The van der Waals surface area contributed by atoms with Crippen LogP contribution in [0.2, 0.25) is 0 Å². The lowest BCUT2D eigenvalue weighted by Gasteiger charge is -2.48. The number of piperazine rings is 1. The fourth-order valence-electron chi connectivity index (χ4n) is 3.62. The third kappa shape index (κ3) is 2.54.